The topological polar surface area (TPSA) is 48.1 Å². The lowest BCUT2D eigenvalue weighted by atomic mass is 10.2. The van der Waals surface area contributed by atoms with E-state index >= 15 is 0 Å². The minimum atomic E-state index is -0.0627. The van der Waals surface area contributed by atoms with Gasteiger partial charge in [0.15, 0.2) is 0 Å². The molecule has 1 aromatic carbocycles. The third-order valence-corrected chi connectivity index (χ3v) is 3.97. The Labute approximate surface area is 129 Å². The van der Waals surface area contributed by atoms with Gasteiger partial charge in [0.05, 0.1) is 10.0 Å². The molecule has 2 aromatic rings. The van der Waals surface area contributed by atoms with Crippen molar-refractivity contribution in [3.8, 4) is 11.6 Å². The van der Waals surface area contributed by atoms with Crippen LogP contribution >= 0.6 is 39.1 Å². The van der Waals surface area contributed by atoms with E-state index in [9.17, 15) is 0 Å². The summed E-state index contributed by atoms with van der Waals surface area (Å²) in [6, 6.07) is 6.85. The number of aromatic nitrogens is 1. The number of ether oxygens (including phenoxy) is 1. The predicted octanol–water partition coefficient (Wildman–Crippen LogP) is 4.96. The molecule has 3 nitrogen and oxygen atoms in total. The van der Waals surface area contributed by atoms with E-state index in [1.54, 1.807) is 24.4 Å². The van der Waals surface area contributed by atoms with Gasteiger partial charge in [-0.1, -0.05) is 29.3 Å². The Morgan fingerprint density at radius 2 is 2.00 bits per heavy atom. The number of hydrogen-bond donors (Lipinski definition) is 1. The van der Waals surface area contributed by atoms with Gasteiger partial charge < -0.3 is 10.5 Å². The van der Waals surface area contributed by atoms with Crippen LogP contribution < -0.4 is 10.5 Å². The van der Waals surface area contributed by atoms with Crippen molar-refractivity contribution >= 4 is 39.1 Å². The summed E-state index contributed by atoms with van der Waals surface area (Å²) in [6.45, 7) is 1.89. The molecule has 0 spiro atoms. The number of nitrogens with two attached hydrogens (primary N) is 1. The molecule has 6 heteroatoms. The molecule has 0 aliphatic heterocycles. The SMILES string of the molecule is CC(N)c1ccc(Oc2cc(Cl)c(Br)cc2Cl)nc1. The molecule has 0 saturated carbocycles. The van der Waals surface area contributed by atoms with Crippen LogP contribution in [0.5, 0.6) is 11.6 Å². The highest BCUT2D eigenvalue weighted by Gasteiger charge is 2.09. The minimum absolute atomic E-state index is 0.0627. The van der Waals surface area contributed by atoms with Crippen LogP contribution in [0.3, 0.4) is 0 Å². The van der Waals surface area contributed by atoms with E-state index in [0.29, 0.717) is 26.1 Å². The Bertz CT molecular complexity index is 588. The molecule has 100 valence electrons. The third-order valence-electron chi connectivity index (χ3n) is 2.47. The first kappa shape index (κ1) is 14.6. The maximum Gasteiger partial charge on any atom is 0.219 e. The molecule has 0 radical (unpaired) electrons. The van der Waals surface area contributed by atoms with Crippen molar-refractivity contribution < 1.29 is 4.74 Å². The van der Waals surface area contributed by atoms with Gasteiger partial charge in [0, 0.05) is 28.8 Å². The first-order chi connectivity index (χ1) is 8.97. The molecule has 1 unspecified atom stereocenters. The minimum Gasteiger partial charge on any atom is -0.437 e. The average Bonchev–Trinajstić information content (AvgIpc) is 2.36. The summed E-state index contributed by atoms with van der Waals surface area (Å²) in [7, 11) is 0. The van der Waals surface area contributed by atoms with E-state index in [4.69, 9.17) is 33.7 Å². The molecule has 1 aromatic heterocycles. The second-order valence-electron chi connectivity index (χ2n) is 4.02. The molecular formula is C13H11BrCl2N2O. The van der Waals surface area contributed by atoms with Gasteiger partial charge in [0.2, 0.25) is 5.88 Å². The molecule has 1 heterocycles. The molecule has 0 bridgehead atoms. The normalized spacial score (nSPS) is 12.3. The Balaban J connectivity index is 2.24. The molecule has 2 N–H and O–H groups in total. The zero-order valence-electron chi connectivity index (χ0n) is 10.0. The molecule has 1 atom stereocenters. The van der Waals surface area contributed by atoms with Crippen molar-refractivity contribution in [3.05, 3.63) is 50.5 Å². The molecule has 0 saturated heterocycles. The number of halogens is 3. The maximum atomic E-state index is 6.07. The van der Waals surface area contributed by atoms with E-state index in [-0.39, 0.29) is 6.04 Å². The van der Waals surface area contributed by atoms with Gasteiger partial charge in [-0.3, -0.25) is 0 Å². The molecule has 0 amide bonds. The van der Waals surface area contributed by atoms with Gasteiger partial charge in [0.1, 0.15) is 5.75 Å². The number of pyridine rings is 1. The second kappa shape index (κ2) is 6.09. The lowest BCUT2D eigenvalue weighted by Crippen LogP contribution is -2.05. The van der Waals surface area contributed by atoms with Crippen molar-refractivity contribution in [2.45, 2.75) is 13.0 Å². The summed E-state index contributed by atoms with van der Waals surface area (Å²) >= 11 is 15.4. The Hall–Kier alpha value is -0.810. The first-order valence-corrected chi connectivity index (χ1v) is 7.06. The largest absolute Gasteiger partial charge is 0.437 e. The summed E-state index contributed by atoms with van der Waals surface area (Å²) in [6.07, 6.45) is 1.67. The van der Waals surface area contributed by atoms with Crippen LogP contribution in [0, 0.1) is 0 Å². The third kappa shape index (κ3) is 3.60. The van der Waals surface area contributed by atoms with Crippen LogP contribution in [0.2, 0.25) is 10.0 Å². The number of rotatable bonds is 3. The molecule has 2 rings (SSSR count). The van der Waals surface area contributed by atoms with Crippen LogP contribution in [-0.2, 0) is 0 Å². The lowest BCUT2D eigenvalue weighted by Gasteiger charge is -2.09. The van der Waals surface area contributed by atoms with Gasteiger partial charge in [-0.2, -0.15) is 0 Å². The molecule has 0 aliphatic rings. The smallest absolute Gasteiger partial charge is 0.219 e. The molecule has 0 aliphatic carbocycles. The van der Waals surface area contributed by atoms with Crippen LogP contribution in [0.25, 0.3) is 0 Å². The summed E-state index contributed by atoms with van der Waals surface area (Å²) in [5.74, 6) is 0.889. The number of hydrogen-bond acceptors (Lipinski definition) is 3. The van der Waals surface area contributed by atoms with E-state index in [1.165, 1.54) is 0 Å². The second-order valence-corrected chi connectivity index (χ2v) is 5.69. The summed E-state index contributed by atoms with van der Waals surface area (Å²) < 4.78 is 6.31. The van der Waals surface area contributed by atoms with Crippen molar-refractivity contribution in [2.75, 3.05) is 0 Å². The zero-order chi connectivity index (χ0) is 14.0. The van der Waals surface area contributed by atoms with Gasteiger partial charge in [0.25, 0.3) is 0 Å². The Morgan fingerprint density at radius 1 is 1.26 bits per heavy atom. The highest BCUT2D eigenvalue weighted by atomic mass is 79.9. The standard InChI is InChI=1S/C13H11BrCl2N2O/c1-7(17)8-2-3-13(18-6-8)19-12-5-10(15)9(14)4-11(12)16/h2-7H,17H2,1H3. The quantitative estimate of drug-likeness (QED) is 0.785. The van der Waals surface area contributed by atoms with Crippen molar-refractivity contribution in [1.29, 1.82) is 0 Å². The van der Waals surface area contributed by atoms with Crippen molar-refractivity contribution in [2.24, 2.45) is 5.73 Å². The van der Waals surface area contributed by atoms with Crippen LogP contribution in [-0.4, -0.2) is 4.98 Å². The monoisotopic (exact) mass is 360 g/mol. The van der Waals surface area contributed by atoms with Crippen LogP contribution in [0.4, 0.5) is 0 Å². The van der Waals surface area contributed by atoms with E-state index < -0.39 is 0 Å². The van der Waals surface area contributed by atoms with Gasteiger partial charge >= 0.3 is 0 Å². The first-order valence-electron chi connectivity index (χ1n) is 5.51. The van der Waals surface area contributed by atoms with E-state index in [2.05, 4.69) is 20.9 Å². The highest BCUT2D eigenvalue weighted by Crippen LogP contribution is 2.36. The molecule has 0 fully saturated rings. The fourth-order valence-corrected chi connectivity index (χ4v) is 2.25. The Kier molecular flexibility index (Phi) is 4.68. The van der Waals surface area contributed by atoms with Gasteiger partial charge in [-0.05, 0) is 34.5 Å². The van der Waals surface area contributed by atoms with Crippen LogP contribution in [0.1, 0.15) is 18.5 Å². The van der Waals surface area contributed by atoms with E-state index in [1.807, 2.05) is 13.0 Å². The van der Waals surface area contributed by atoms with Gasteiger partial charge in [-0.15, -0.1) is 0 Å². The summed E-state index contributed by atoms with van der Waals surface area (Å²) in [5.41, 5.74) is 6.69. The fraction of sp³-hybridized carbons (Fsp3) is 0.154. The predicted molar refractivity (Wildman–Crippen MR) is 81.1 cm³/mol. The lowest BCUT2D eigenvalue weighted by molar-refractivity contribution is 0.462. The van der Waals surface area contributed by atoms with Gasteiger partial charge in [-0.25, -0.2) is 4.98 Å². The number of benzene rings is 1. The van der Waals surface area contributed by atoms with E-state index in [0.717, 1.165) is 5.56 Å². The molecule has 19 heavy (non-hydrogen) atoms. The summed E-state index contributed by atoms with van der Waals surface area (Å²) in [5, 5.41) is 0.973. The van der Waals surface area contributed by atoms with Crippen molar-refractivity contribution in [3.63, 3.8) is 0 Å². The zero-order valence-corrected chi connectivity index (χ0v) is 13.1. The number of nitrogens with zero attached hydrogens (tertiary/aromatic N) is 1. The Morgan fingerprint density at radius 3 is 2.58 bits per heavy atom. The fourth-order valence-electron chi connectivity index (χ4n) is 1.42. The van der Waals surface area contributed by atoms with Crippen LogP contribution in [0.15, 0.2) is 34.9 Å². The van der Waals surface area contributed by atoms with Crippen molar-refractivity contribution in [1.82, 2.24) is 4.98 Å². The maximum absolute atomic E-state index is 6.07. The summed E-state index contributed by atoms with van der Waals surface area (Å²) in [4.78, 5) is 4.17. The molecular weight excluding hydrogens is 351 g/mol. The highest BCUT2D eigenvalue weighted by molar-refractivity contribution is 9.10. The average molecular weight is 362 g/mol.